The van der Waals surface area contributed by atoms with Gasteiger partial charge in [0.2, 0.25) is 0 Å². The second-order valence-corrected chi connectivity index (χ2v) is 11.8. The first-order chi connectivity index (χ1) is 20.6. The molecule has 42 heavy (non-hydrogen) atoms. The maximum Gasteiger partial charge on any atom is 0.144 e. The summed E-state index contributed by atoms with van der Waals surface area (Å²) in [6.07, 6.45) is 3.73. The third-order valence-electron chi connectivity index (χ3n) is 9.14. The molecule has 9 rings (SSSR count). The minimum Gasteiger partial charge on any atom is -0.455 e. The first kappa shape index (κ1) is 23.4. The third kappa shape index (κ3) is 3.05. The van der Waals surface area contributed by atoms with Gasteiger partial charge in [0.1, 0.15) is 11.2 Å². The van der Waals surface area contributed by atoms with E-state index in [-0.39, 0.29) is 5.41 Å². The van der Waals surface area contributed by atoms with E-state index in [1.807, 2.05) is 30.6 Å². The van der Waals surface area contributed by atoms with Gasteiger partial charge in [-0.15, -0.1) is 0 Å². The molecular formula is C39H26N2O. The quantitative estimate of drug-likeness (QED) is 0.206. The van der Waals surface area contributed by atoms with Crippen molar-refractivity contribution < 1.29 is 4.42 Å². The predicted molar refractivity (Wildman–Crippen MR) is 173 cm³/mol. The molecule has 3 aromatic heterocycles. The van der Waals surface area contributed by atoms with E-state index in [1.54, 1.807) is 0 Å². The summed E-state index contributed by atoms with van der Waals surface area (Å²) in [5, 5.41) is 5.92. The van der Waals surface area contributed by atoms with E-state index in [0.717, 1.165) is 49.8 Å². The fourth-order valence-electron chi connectivity index (χ4n) is 7.28. The van der Waals surface area contributed by atoms with Gasteiger partial charge < -0.3 is 4.42 Å². The Morgan fingerprint density at radius 1 is 0.548 bits per heavy atom. The van der Waals surface area contributed by atoms with E-state index in [2.05, 4.69) is 110 Å². The van der Waals surface area contributed by atoms with Crippen LogP contribution in [-0.4, -0.2) is 9.97 Å². The highest BCUT2D eigenvalue weighted by Crippen LogP contribution is 2.55. The SMILES string of the molecule is CC1(C)c2cc(-c3cccc4c3oc3c(-c5ccccn5)cccc34)ccc2-c2c1c1cccnc1c1ccccc21. The van der Waals surface area contributed by atoms with Crippen LogP contribution in [0.25, 0.3) is 77.1 Å². The lowest BCUT2D eigenvalue weighted by Gasteiger charge is -2.24. The molecule has 198 valence electrons. The molecule has 0 spiro atoms. The van der Waals surface area contributed by atoms with Crippen molar-refractivity contribution in [1.29, 1.82) is 0 Å². The molecule has 3 heterocycles. The molecule has 1 aliphatic rings. The Morgan fingerprint density at radius 2 is 1.24 bits per heavy atom. The number of pyridine rings is 2. The summed E-state index contributed by atoms with van der Waals surface area (Å²) in [6, 6.07) is 38.7. The lowest BCUT2D eigenvalue weighted by Crippen LogP contribution is -2.16. The number of aromatic nitrogens is 2. The number of nitrogens with zero attached hydrogens (tertiary/aromatic N) is 2. The van der Waals surface area contributed by atoms with E-state index in [4.69, 9.17) is 9.40 Å². The summed E-state index contributed by atoms with van der Waals surface area (Å²) in [7, 11) is 0. The van der Waals surface area contributed by atoms with Crippen LogP contribution in [0.1, 0.15) is 25.0 Å². The van der Waals surface area contributed by atoms with Crippen LogP contribution in [0, 0.1) is 0 Å². The van der Waals surface area contributed by atoms with Gasteiger partial charge in [-0.25, -0.2) is 0 Å². The zero-order valence-electron chi connectivity index (χ0n) is 23.3. The van der Waals surface area contributed by atoms with Gasteiger partial charge in [-0.1, -0.05) is 92.7 Å². The maximum absolute atomic E-state index is 6.72. The molecule has 0 atom stereocenters. The molecular weight excluding hydrogens is 512 g/mol. The van der Waals surface area contributed by atoms with Gasteiger partial charge in [0, 0.05) is 50.5 Å². The Bertz CT molecular complexity index is 2380. The molecule has 8 aromatic rings. The minimum absolute atomic E-state index is 0.195. The van der Waals surface area contributed by atoms with Crippen molar-refractivity contribution in [2.75, 3.05) is 0 Å². The minimum atomic E-state index is -0.195. The average molecular weight is 539 g/mol. The number of hydrogen-bond acceptors (Lipinski definition) is 3. The molecule has 0 saturated carbocycles. The molecule has 0 fully saturated rings. The first-order valence-corrected chi connectivity index (χ1v) is 14.4. The van der Waals surface area contributed by atoms with Crippen molar-refractivity contribution in [3.63, 3.8) is 0 Å². The monoisotopic (exact) mass is 538 g/mol. The Kier molecular flexibility index (Phi) is 4.67. The summed E-state index contributed by atoms with van der Waals surface area (Å²) in [6.45, 7) is 4.70. The Labute approximate surface area is 243 Å². The first-order valence-electron chi connectivity index (χ1n) is 14.4. The van der Waals surface area contributed by atoms with Crippen molar-refractivity contribution >= 4 is 43.6 Å². The molecule has 0 amide bonds. The van der Waals surface area contributed by atoms with Gasteiger partial charge in [0.25, 0.3) is 0 Å². The van der Waals surface area contributed by atoms with Gasteiger partial charge in [0.15, 0.2) is 0 Å². The smallest absolute Gasteiger partial charge is 0.144 e. The number of rotatable bonds is 2. The number of hydrogen-bond donors (Lipinski definition) is 0. The van der Waals surface area contributed by atoms with E-state index >= 15 is 0 Å². The number of benzene rings is 5. The van der Waals surface area contributed by atoms with E-state index in [0.29, 0.717) is 0 Å². The van der Waals surface area contributed by atoms with Crippen molar-refractivity contribution in [1.82, 2.24) is 9.97 Å². The van der Waals surface area contributed by atoms with Crippen LogP contribution in [0.3, 0.4) is 0 Å². The van der Waals surface area contributed by atoms with Gasteiger partial charge in [-0.05, 0) is 63.5 Å². The predicted octanol–water partition coefficient (Wildman–Crippen LogP) is 10.3. The molecule has 0 unspecified atom stereocenters. The zero-order valence-corrected chi connectivity index (χ0v) is 23.3. The summed E-state index contributed by atoms with van der Waals surface area (Å²) in [5.74, 6) is 0. The number of para-hydroxylation sites is 2. The standard InChI is InChI=1S/C39H26N2O/c1-39(2)32-22-23(18-19-29(32)34-25-10-3-4-11-26(25)36-31(35(34)39)16-9-21-41-36)24-12-7-13-27-28-14-8-15-30(38(28)42-37(24)27)33-17-5-6-20-40-33/h3-22H,1-2H3. The van der Waals surface area contributed by atoms with Crippen LogP contribution in [-0.2, 0) is 5.41 Å². The molecule has 3 heteroatoms. The molecule has 0 bridgehead atoms. The van der Waals surface area contributed by atoms with Crippen molar-refractivity contribution in [2.45, 2.75) is 19.3 Å². The molecule has 0 radical (unpaired) electrons. The Morgan fingerprint density at radius 3 is 2.05 bits per heavy atom. The van der Waals surface area contributed by atoms with Gasteiger partial charge in [-0.3, -0.25) is 9.97 Å². The highest BCUT2D eigenvalue weighted by Gasteiger charge is 2.39. The number of furan rings is 1. The zero-order chi connectivity index (χ0) is 28.0. The van der Waals surface area contributed by atoms with Crippen LogP contribution in [0.4, 0.5) is 0 Å². The topological polar surface area (TPSA) is 38.9 Å². The van der Waals surface area contributed by atoms with E-state index in [1.165, 1.54) is 38.4 Å². The van der Waals surface area contributed by atoms with Crippen LogP contribution in [0.5, 0.6) is 0 Å². The summed E-state index contributed by atoms with van der Waals surface area (Å²) in [5.41, 5.74) is 12.2. The van der Waals surface area contributed by atoms with E-state index < -0.39 is 0 Å². The Hall–Kier alpha value is -5.28. The van der Waals surface area contributed by atoms with Crippen LogP contribution in [0.2, 0.25) is 0 Å². The fourth-order valence-corrected chi connectivity index (χ4v) is 7.28. The van der Waals surface area contributed by atoms with Crippen molar-refractivity contribution in [2.24, 2.45) is 0 Å². The van der Waals surface area contributed by atoms with Crippen molar-refractivity contribution in [3.8, 4) is 33.5 Å². The van der Waals surface area contributed by atoms with Crippen LogP contribution >= 0.6 is 0 Å². The fraction of sp³-hybridized carbons (Fsp3) is 0.0769. The normalized spacial score (nSPS) is 13.7. The van der Waals surface area contributed by atoms with Crippen molar-refractivity contribution in [3.05, 3.63) is 133 Å². The molecule has 0 N–H and O–H groups in total. The highest BCUT2D eigenvalue weighted by atomic mass is 16.3. The largest absolute Gasteiger partial charge is 0.455 e. The lowest BCUT2D eigenvalue weighted by molar-refractivity contribution is 0.665. The second-order valence-electron chi connectivity index (χ2n) is 11.8. The van der Waals surface area contributed by atoms with Crippen LogP contribution < -0.4 is 0 Å². The molecule has 5 aromatic carbocycles. The second kappa shape index (κ2) is 8.37. The molecule has 0 saturated heterocycles. The average Bonchev–Trinajstić information content (AvgIpc) is 3.54. The maximum atomic E-state index is 6.72. The summed E-state index contributed by atoms with van der Waals surface area (Å²) >= 11 is 0. The van der Waals surface area contributed by atoms with Gasteiger partial charge >= 0.3 is 0 Å². The van der Waals surface area contributed by atoms with Gasteiger partial charge in [0.05, 0.1) is 11.2 Å². The number of fused-ring (bicyclic) bond motifs is 11. The van der Waals surface area contributed by atoms with E-state index in [9.17, 15) is 0 Å². The molecule has 3 nitrogen and oxygen atoms in total. The molecule has 1 aliphatic carbocycles. The summed E-state index contributed by atoms with van der Waals surface area (Å²) in [4.78, 5) is 9.45. The van der Waals surface area contributed by atoms with Gasteiger partial charge in [-0.2, -0.15) is 0 Å². The third-order valence-corrected chi connectivity index (χ3v) is 9.14. The Balaban J connectivity index is 1.29. The highest BCUT2D eigenvalue weighted by molar-refractivity contribution is 6.17. The molecule has 0 aliphatic heterocycles. The summed E-state index contributed by atoms with van der Waals surface area (Å²) < 4.78 is 6.72. The lowest BCUT2D eigenvalue weighted by atomic mass is 9.79. The van der Waals surface area contributed by atoms with Crippen LogP contribution in [0.15, 0.2) is 126 Å².